The van der Waals surface area contributed by atoms with E-state index in [1.165, 1.54) is 16.0 Å². The number of hydrogen-bond acceptors (Lipinski definition) is 6. The van der Waals surface area contributed by atoms with E-state index in [0.29, 0.717) is 16.4 Å². The average molecular weight is 287 g/mol. The summed E-state index contributed by atoms with van der Waals surface area (Å²) < 4.78 is 1.41. The van der Waals surface area contributed by atoms with Gasteiger partial charge in [0, 0.05) is 5.56 Å². The maximum Gasteiger partial charge on any atom is 0.358 e. The van der Waals surface area contributed by atoms with Crippen molar-refractivity contribution in [2.24, 2.45) is 0 Å². The molecule has 7 nitrogen and oxygen atoms in total. The molecule has 20 heavy (non-hydrogen) atoms. The zero-order chi connectivity index (χ0) is 14.1. The molecule has 3 aromatic rings. The van der Waals surface area contributed by atoms with Gasteiger partial charge in [0.15, 0.2) is 5.69 Å². The van der Waals surface area contributed by atoms with Gasteiger partial charge in [-0.2, -0.15) is 4.68 Å². The van der Waals surface area contributed by atoms with Crippen LogP contribution in [0.2, 0.25) is 0 Å². The van der Waals surface area contributed by atoms with Crippen molar-refractivity contribution in [2.45, 2.75) is 6.92 Å². The van der Waals surface area contributed by atoms with Crippen LogP contribution in [0.4, 0.5) is 0 Å². The van der Waals surface area contributed by atoms with E-state index in [-0.39, 0.29) is 5.69 Å². The van der Waals surface area contributed by atoms with Crippen LogP contribution in [-0.2, 0) is 0 Å². The molecule has 100 valence electrons. The first kappa shape index (κ1) is 12.4. The monoisotopic (exact) mass is 287 g/mol. The maximum absolute atomic E-state index is 11.3. The molecule has 0 aliphatic heterocycles. The Morgan fingerprint density at radius 3 is 2.55 bits per heavy atom. The molecule has 8 heteroatoms. The van der Waals surface area contributed by atoms with E-state index >= 15 is 0 Å². The molecule has 2 aromatic heterocycles. The topological polar surface area (TPSA) is 93.8 Å². The molecule has 1 aromatic carbocycles. The molecule has 0 aliphatic rings. The van der Waals surface area contributed by atoms with Crippen molar-refractivity contribution in [3.05, 3.63) is 41.0 Å². The molecule has 1 N–H and O–H groups in total. The van der Waals surface area contributed by atoms with Crippen molar-refractivity contribution in [1.82, 2.24) is 25.2 Å². The molecule has 0 aliphatic carbocycles. The molecule has 0 amide bonds. The third-order valence-electron chi connectivity index (χ3n) is 2.62. The Bertz CT molecular complexity index is 765. The number of rotatable bonds is 3. The lowest BCUT2D eigenvalue weighted by Gasteiger charge is -2.03. The highest BCUT2D eigenvalue weighted by Gasteiger charge is 2.22. The van der Waals surface area contributed by atoms with E-state index < -0.39 is 5.97 Å². The minimum atomic E-state index is -1.13. The van der Waals surface area contributed by atoms with Crippen molar-refractivity contribution < 1.29 is 9.90 Å². The van der Waals surface area contributed by atoms with Gasteiger partial charge in [-0.3, -0.25) is 0 Å². The van der Waals surface area contributed by atoms with Gasteiger partial charge in [0.1, 0.15) is 10.7 Å². The summed E-state index contributed by atoms with van der Waals surface area (Å²) in [5, 5.41) is 26.0. The van der Waals surface area contributed by atoms with Gasteiger partial charge in [-0.15, -0.1) is 15.3 Å². The van der Waals surface area contributed by atoms with Gasteiger partial charge in [0.2, 0.25) is 5.13 Å². The summed E-state index contributed by atoms with van der Waals surface area (Å²) in [6.45, 7) is 1.82. The third kappa shape index (κ3) is 2.05. The van der Waals surface area contributed by atoms with Crippen molar-refractivity contribution in [3.8, 4) is 16.4 Å². The highest BCUT2D eigenvalue weighted by molar-refractivity contribution is 7.13. The number of nitrogens with zero attached hydrogens (tertiary/aromatic N) is 5. The van der Waals surface area contributed by atoms with Crippen LogP contribution in [0.1, 0.15) is 15.5 Å². The van der Waals surface area contributed by atoms with Crippen LogP contribution in [0.3, 0.4) is 0 Å². The lowest BCUT2D eigenvalue weighted by atomic mass is 10.1. The lowest BCUT2D eigenvalue weighted by molar-refractivity contribution is 0.0691. The first-order chi connectivity index (χ1) is 9.66. The SMILES string of the molecule is Cc1nnc(-n2nnc(C(=O)O)c2-c2ccccc2)s1. The number of hydrogen-bond donors (Lipinski definition) is 1. The van der Waals surface area contributed by atoms with Crippen LogP contribution in [0.25, 0.3) is 16.4 Å². The Labute approximate surface area is 117 Å². The maximum atomic E-state index is 11.3. The summed E-state index contributed by atoms with van der Waals surface area (Å²) in [5.41, 5.74) is 1.00. The van der Waals surface area contributed by atoms with Crippen molar-refractivity contribution in [1.29, 1.82) is 0 Å². The van der Waals surface area contributed by atoms with Crippen LogP contribution < -0.4 is 0 Å². The largest absolute Gasteiger partial charge is 0.476 e. The van der Waals surface area contributed by atoms with Gasteiger partial charge < -0.3 is 5.11 Å². The summed E-state index contributed by atoms with van der Waals surface area (Å²) in [5.74, 6) is -1.13. The quantitative estimate of drug-likeness (QED) is 0.789. The molecular weight excluding hydrogens is 278 g/mol. The van der Waals surface area contributed by atoms with Crippen LogP contribution in [0, 0.1) is 6.92 Å². The second kappa shape index (κ2) is 4.82. The molecule has 0 fully saturated rings. The summed E-state index contributed by atoms with van der Waals surface area (Å²) in [7, 11) is 0. The Morgan fingerprint density at radius 2 is 1.95 bits per heavy atom. The van der Waals surface area contributed by atoms with E-state index in [1.807, 2.05) is 25.1 Å². The van der Waals surface area contributed by atoms with Gasteiger partial charge in [-0.05, 0) is 6.92 Å². The van der Waals surface area contributed by atoms with Crippen LogP contribution in [-0.4, -0.2) is 36.3 Å². The van der Waals surface area contributed by atoms with Crippen LogP contribution >= 0.6 is 11.3 Å². The summed E-state index contributed by atoms with van der Waals surface area (Å²) in [6, 6.07) is 9.10. The molecule has 2 heterocycles. The fourth-order valence-corrected chi connectivity index (χ4v) is 2.43. The summed E-state index contributed by atoms with van der Waals surface area (Å²) >= 11 is 1.32. The highest BCUT2D eigenvalue weighted by Crippen LogP contribution is 2.26. The first-order valence-corrected chi connectivity index (χ1v) is 6.53. The normalized spacial score (nSPS) is 10.7. The van der Waals surface area contributed by atoms with Crippen LogP contribution in [0.5, 0.6) is 0 Å². The van der Waals surface area contributed by atoms with Gasteiger partial charge >= 0.3 is 5.97 Å². The predicted octanol–water partition coefficient (Wildman–Crippen LogP) is 1.79. The Hall–Kier alpha value is -2.61. The van der Waals surface area contributed by atoms with Gasteiger partial charge in [0.25, 0.3) is 0 Å². The zero-order valence-electron chi connectivity index (χ0n) is 10.4. The van der Waals surface area contributed by atoms with E-state index in [1.54, 1.807) is 12.1 Å². The third-order valence-corrected chi connectivity index (χ3v) is 3.43. The van der Waals surface area contributed by atoms with E-state index in [0.717, 1.165) is 5.01 Å². The Kier molecular flexibility index (Phi) is 2.99. The first-order valence-electron chi connectivity index (χ1n) is 5.71. The Morgan fingerprint density at radius 1 is 1.20 bits per heavy atom. The van der Waals surface area contributed by atoms with E-state index in [4.69, 9.17) is 0 Å². The van der Waals surface area contributed by atoms with Crippen LogP contribution in [0.15, 0.2) is 30.3 Å². The molecular formula is C12H9N5O2S. The summed E-state index contributed by atoms with van der Waals surface area (Å²) in [4.78, 5) is 11.3. The van der Waals surface area contributed by atoms with Crippen molar-refractivity contribution in [3.63, 3.8) is 0 Å². The fraction of sp³-hybridized carbons (Fsp3) is 0.0833. The van der Waals surface area contributed by atoms with E-state index in [9.17, 15) is 9.90 Å². The molecule has 0 saturated heterocycles. The number of aromatic nitrogens is 5. The second-order valence-electron chi connectivity index (χ2n) is 3.97. The standard InChI is InChI=1S/C12H9N5O2S/c1-7-13-15-12(20-7)17-10(8-5-3-2-4-6-8)9(11(18)19)14-16-17/h2-6H,1H3,(H,18,19). The summed E-state index contributed by atoms with van der Waals surface area (Å²) in [6.07, 6.45) is 0. The lowest BCUT2D eigenvalue weighted by Crippen LogP contribution is -2.03. The molecule has 0 spiro atoms. The fourth-order valence-electron chi connectivity index (χ4n) is 1.79. The molecule has 0 unspecified atom stereocenters. The average Bonchev–Trinajstić information content (AvgIpc) is 3.05. The highest BCUT2D eigenvalue weighted by atomic mass is 32.1. The number of aromatic carboxylic acids is 1. The van der Waals surface area contributed by atoms with Gasteiger partial charge in [-0.25, -0.2) is 4.79 Å². The van der Waals surface area contributed by atoms with Gasteiger partial charge in [0.05, 0.1) is 0 Å². The number of carboxylic acid groups (broad SMARTS) is 1. The smallest absolute Gasteiger partial charge is 0.358 e. The van der Waals surface area contributed by atoms with Crippen molar-refractivity contribution >= 4 is 17.3 Å². The molecule has 0 radical (unpaired) electrons. The second-order valence-corrected chi connectivity index (χ2v) is 5.13. The number of aryl methyl sites for hydroxylation is 1. The molecule has 0 saturated carbocycles. The molecule has 3 rings (SSSR count). The molecule has 0 bridgehead atoms. The van der Waals surface area contributed by atoms with Crippen molar-refractivity contribution in [2.75, 3.05) is 0 Å². The van der Waals surface area contributed by atoms with E-state index in [2.05, 4.69) is 20.5 Å². The predicted molar refractivity (Wildman–Crippen MR) is 72.0 cm³/mol. The number of carboxylic acids is 1. The molecule has 0 atom stereocenters. The van der Waals surface area contributed by atoms with Gasteiger partial charge in [-0.1, -0.05) is 46.9 Å². The zero-order valence-corrected chi connectivity index (χ0v) is 11.2. The number of benzene rings is 1. The minimum Gasteiger partial charge on any atom is -0.476 e. The minimum absolute atomic E-state index is 0.107. The Balaban J connectivity index is 2.24. The number of carbonyl (C=O) groups is 1.